The minimum absolute atomic E-state index is 0.0173. The number of nitrogens with zero attached hydrogens (tertiary/aromatic N) is 1. The van der Waals surface area contributed by atoms with E-state index in [9.17, 15) is 9.90 Å². The molecule has 1 unspecified atom stereocenters. The number of carbonyl (C=O) groups is 1. The fraction of sp³-hybridized carbons (Fsp3) is 0.381. The van der Waals surface area contributed by atoms with E-state index in [0.29, 0.717) is 40.8 Å². The summed E-state index contributed by atoms with van der Waals surface area (Å²) in [6, 6.07) is 10.7. The van der Waals surface area contributed by atoms with Crippen LogP contribution in [0.3, 0.4) is 0 Å². The maximum Gasteiger partial charge on any atom is 0.253 e. The molecule has 2 rings (SSSR count). The van der Waals surface area contributed by atoms with Gasteiger partial charge in [0.05, 0.1) is 21.3 Å². The highest BCUT2D eigenvalue weighted by Crippen LogP contribution is 2.38. The maximum atomic E-state index is 13.0. The van der Waals surface area contributed by atoms with Crippen LogP contribution in [0.2, 0.25) is 5.02 Å². The summed E-state index contributed by atoms with van der Waals surface area (Å²) in [6.07, 6.45) is 0.521. The molecule has 152 valence electrons. The standard InChI is InChI=1S/C21H26ClNO5/c1-23(13-15(8-9-24)14-6-5-7-17(22)10-14)21(25)16-11-18(26-2)20(28-4)19(12-16)27-3/h5-7,10-12,15,24H,8-9,13H2,1-4H3. The molecule has 0 aliphatic heterocycles. The molecule has 0 spiro atoms. The number of likely N-dealkylation sites (N-methyl/N-ethyl adjacent to an activating group) is 1. The van der Waals surface area contributed by atoms with Crippen LogP contribution in [0.4, 0.5) is 0 Å². The van der Waals surface area contributed by atoms with Crippen LogP contribution in [0.25, 0.3) is 0 Å². The Morgan fingerprint density at radius 2 is 1.75 bits per heavy atom. The smallest absolute Gasteiger partial charge is 0.253 e. The Labute approximate surface area is 170 Å². The molecule has 0 aliphatic rings. The van der Waals surface area contributed by atoms with Crippen LogP contribution in [0.5, 0.6) is 17.2 Å². The second-order valence-corrected chi connectivity index (χ2v) is 6.80. The third kappa shape index (κ3) is 5.09. The Kier molecular flexibility index (Phi) is 7.96. The SMILES string of the molecule is COc1cc(C(=O)N(C)CC(CCO)c2cccc(Cl)c2)cc(OC)c1OC. The largest absolute Gasteiger partial charge is 0.493 e. The summed E-state index contributed by atoms with van der Waals surface area (Å²) in [5.74, 6) is 1.03. The van der Waals surface area contributed by atoms with Crippen LogP contribution < -0.4 is 14.2 Å². The molecular formula is C21H26ClNO5. The molecule has 0 bridgehead atoms. The van der Waals surface area contributed by atoms with E-state index in [1.807, 2.05) is 18.2 Å². The number of methoxy groups -OCH3 is 3. The summed E-state index contributed by atoms with van der Waals surface area (Å²) in [7, 11) is 6.25. The van der Waals surface area contributed by atoms with Gasteiger partial charge in [-0.2, -0.15) is 0 Å². The lowest BCUT2D eigenvalue weighted by Crippen LogP contribution is -2.31. The van der Waals surface area contributed by atoms with Gasteiger partial charge in [-0.1, -0.05) is 23.7 Å². The second kappa shape index (κ2) is 10.2. The van der Waals surface area contributed by atoms with E-state index in [1.165, 1.54) is 21.3 Å². The van der Waals surface area contributed by atoms with Gasteiger partial charge < -0.3 is 24.2 Å². The van der Waals surface area contributed by atoms with Crippen molar-refractivity contribution in [3.63, 3.8) is 0 Å². The summed E-state index contributed by atoms with van der Waals surface area (Å²) >= 11 is 6.10. The van der Waals surface area contributed by atoms with Gasteiger partial charge in [0, 0.05) is 36.7 Å². The lowest BCUT2D eigenvalue weighted by molar-refractivity contribution is 0.0780. The number of amides is 1. The van der Waals surface area contributed by atoms with Gasteiger partial charge in [0.15, 0.2) is 11.5 Å². The molecule has 2 aromatic carbocycles. The highest BCUT2D eigenvalue weighted by molar-refractivity contribution is 6.30. The van der Waals surface area contributed by atoms with Crippen molar-refractivity contribution in [2.75, 3.05) is 41.5 Å². The van der Waals surface area contributed by atoms with E-state index in [-0.39, 0.29) is 18.4 Å². The number of hydrogen-bond acceptors (Lipinski definition) is 5. The molecule has 0 aliphatic carbocycles. The number of benzene rings is 2. The quantitative estimate of drug-likeness (QED) is 0.687. The average Bonchev–Trinajstić information content (AvgIpc) is 2.71. The molecule has 0 saturated heterocycles. The molecule has 6 nitrogen and oxygen atoms in total. The predicted octanol–water partition coefficient (Wildman–Crippen LogP) is 3.60. The Bertz CT molecular complexity index is 786. The van der Waals surface area contributed by atoms with Gasteiger partial charge in [0.1, 0.15) is 0 Å². The molecule has 0 aromatic heterocycles. The summed E-state index contributed by atoms with van der Waals surface area (Å²) in [5, 5.41) is 10.1. The molecule has 2 aromatic rings. The number of rotatable bonds is 9. The Hall–Kier alpha value is -2.44. The zero-order valence-electron chi connectivity index (χ0n) is 16.6. The predicted molar refractivity (Wildman–Crippen MR) is 109 cm³/mol. The van der Waals surface area contributed by atoms with Gasteiger partial charge in [0.25, 0.3) is 5.91 Å². The van der Waals surface area contributed by atoms with Crippen molar-refractivity contribution in [3.8, 4) is 17.2 Å². The molecule has 28 heavy (non-hydrogen) atoms. The monoisotopic (exact) mass is 407 g/mol. The number of aliphatic hydroxyl groups is 1. The van der Waals surface area contributed by atoms with Crippen molar-refractivity contribution < 1.29 is 24.1 Å². The lowest BCUT2D eigenvalue weighted by atomic mass is 9.95. The van der Waals surface area contributed by atoms with Crippen molar-refractivity contribution >= 4 is 17.5 Å². The number of ether oxygens (including phenoxy) is 3. The van der Waals surface area contributed by atoms with E-state index >= 15 is 0 Å². The average molecular weight is 408 g/mol. The Balaban J connectivity index is 2.27. The molecule has 0 radical (unpaired) electrons. The molecule has 0 heterocycles. The highest BCUT2D eigenvalue weighted by Gasteiger charge is 2.22. The van der Waals surface area contributed by atoms with Crippen molar-refractivity contribution in [3.05, 3.63) is 52.5 Å². The number of carbonyl (C=O) groups excluding carboxylic acids is 1. The van der Waals surface area contributed by atoms with Gasteiger partial charge >= 0.3 is 0 Å². The van der Waals surface area contributed by atoms with Crippen molar-refractivity contribution in [1.82, 2.24) is 4.90 Å². The van der Waals surface area contributed by atoms with E-state index in [2.05, 4.69) is 0 Å². The first-order chi connectivity index (χ1) is 13.4. The van der Waals surface area contributed by atoms with Crippen molar-refractivity contribution in [2.45, 2.75) is 12.3 Å². The maximum absolute atomic E-state index is 13.0. The van der Waals surface area contributed by atoms with Crippen LogP contribution in [-0.4, -0.2) is 57.4 Å². The normalized spacial score (nSPS) is 11.6. The summed E-state index contributed by atoms with van der Waals surface area (Å²) in [5.41, 5.74) is 1.40. The van der Waals surface area contributed by atoms with E-state index in [0.717, 1.165) is 5.56 Å². The molecule has 7 heteroatoms. The molecule has 1 amide bonds. The fourth-order valence-corrected chi connectivity index (χ4v) is 3.32. The van der Waals surface area contributed by atoms with E-state index in [1.54, 1.807) is 30.1 Å². The van der Waals surface area contributed by atoms with Crippen molar-refractivity contribution in [2.24, 2.45) is 0 Å². The second-order valence-electron chi connectivity index (χ2n) is 6.36. The minimum atomic E-state index is -0.191. The summed E-state index contributed by atoms with van der Waals surface area (Å²) < 4.78 is 16.0. The zero-order valence-corrected chi connectivity index (χ0v) is 17.3. The Morgan fingerprint density at radius 3 is 2.25 bits per heavy atom. The first-order valence-electron chi connectivity index (χ1n) is 8.86. The van der Waals surface area contributed by atoms with Crippen LogP contribution >= 0.6 is 11.6 Å². The van der Waals surface area contributed by atoms with E-state index < -0.39 is 0 Å². The molecular weight excluding hydrogens is 382 g/mol. The highest BCUT2D eigenvalue weighted by atomic mass is 35.5. The molecule has 1 N–H and O–H groups in total. The zero-order chi connectivity index (χ0) is 20.7. The fourth-order valence-electron chi connectivity index (χ4n) is 3.12. The van der Waals surface area contributed by atoms with Crippen LogP contribution in [0.1, 0.15) is 28.3 Å². The van der Waals surface area contributed by atoms with Gasteiger partial charge in [-0.25, -0.2) is 0 Å². The van der Waals surface area contributed by atoms with Gasteiger partial charge in [-0.3, -0.25) is 4.79 Å². The van der Waals surface area contributed by atoms with Crippen LogP contribution in [0.15, 0.2) is 36.4 Å². The van der Waals surface area contributed by atoms with Gasteiger partial charge in [-0.05, 0) is 36.2 Å². The number of aliphatic hydroxyl groups excluding tert-OH is 1. The number of halogens is 1. The van der Waals surface area contributed by atoms with Gasteiger partial charge in [0.2, 0.25) is 5.75 Å². The van der Waals surface area contributed by atoms with Gasteiger partial charge in [-0.15, -0.1) is 0 Å². The topological polar surface area (TPSA) is 68.2 Å². The summed E-state index contributed by atoms with van der Waals surface area (Å²) in [4.78, 5) is 14.6. The minimum Gasteiger partial charge on any atom is -0.493 e. The third-order valence-electron chi connectivity index (χ3n) is 4.55. The lowest BCUT2D eigenvalue weighted by Gasteiger charge is -2.25. The van der Waals surface area contributed by atoms with Crippen LogP contribution in [0, 0.1) is 0 Å². The third-order valence-corrected chi connectivity index (χ3v) is 4.79. The van der Waals surface area contributed by atoms with Crippen LogP contribution in [-0.2, 0) is 0 Å². The Morgan fingerprint density at radius 1 is 1.11 bits per heavy atom. The molecule has 0 fully saturated rings. The first-order valence-corrected chi connectivity index (χ1v) is 9.24. The molecule has 1 atom stereocenters. The van der Waals surface area contributed by atoms with E-state index in [4.69, 9.17) is 25.8 Å². The summed E-state index contributed by atoms with van der Waals surface area (Å²) in [6.45, 7) is 0.444. The number of hydrogen-bond donors (Lipinski definition) is 1. The van der Waals surface area contributed by atoms with Crippen molar-refractivity contribution in [1.29, 1.82) is 0 Å². The first kappa shape index (κ1) is 21.9. The molecule has 0 saturated carbocycles.